The summed E-state index contributed by atoms with van der Waals surface area (Å²) < 4.78 is 5.39. The van der Waals surface area contributed by atoms with Crippen LogP contribution in [0.1, 0.15) is 22.4 Å². The minimum atomic E-state index is 0.528. The zero-order valence-corrected chi connectivity index (χ0v) is 13.3. The summed E-state index contributed by atoms with van der Waals surface area (Å²) in [5.74, 6) is 0.651. The molecule has 0 atom stereocenters. The lowest BCUT2D eigenvalue weighted by atomic mass is 10.1. The van der Waals surface area contributed by atoms with E-state index in [9.17, 15) is 0 Å². The maximum Gasteiger partial charge on any atom is 0.129 e. The number of halogens is 1. The van der Waals surface area contributed by atoms with Gasteiger partial charge in [0.2, 0.25) is 0 Å². The van der Waals surface area contributed by atoms with E-state index in [1.54, 1.807) is 20.1 Å². The molecular formula is C14H15ClN2O2S. The van der Waals surface area contributed by atoms with Crippen LogP contribution in [-0.2, 0) is 0 Å². The number of hydrogen-bond donors (Lipinski definition) is 1. The van der Waals surface area contributed by atoms with Gasteiger partial charge in [-0.05, 0) is 38.5 Å². The van der Waals surface area contributed by atoms with Crippen LogP contribution in [0.4, 0.5) is 0 Å². The lowest BCUT2D eigenvalue weighted by Gasteiger charge is -2.10. The summed E-state index contributed by atoms with van der Waals surface area (Å²) in [5, 5.41) is 13.8. The molecule has 20 heavy (non-hydrogen) atoms. The van der Waals surface area contributed by atoms with Crippen LogP contribution in [-0.4, -0.2) is 23.0 Å². The molecule has 4 nitrogen and oxygen atoms in total. The van der Waals surface area contributed by atoms with E-state index < -0.39 is 0 Å². The number of aromatic nitrogens is 1. The van der Waals surface area contributed by atoms with Crippen LogP contribution in [0.5, 0.6) is 5.75 Å². The second-order valence-electron chi connectivity index (χ2n) is 4.40. The summed E-state index contributed by atoms with van der Waals surface area (Å²) >= 11 is 7.61. The summed E-state index contributed by atoms with van der Waals surface area (Å²) in [5.41, 5.74) is 3.06. The minimum absolute atomic E-state index is 0.528. The Kier molecular flexibility index (Phi) is 4.30. The van der Waals surface area contributed by atoms with Gasteiger partial charge in [-0.25, -0.2) is 4.98 Å². The lowest BCUT2D eigenvalue weighted by molar-refractivity contribution is 0.319. The molecule has 0 amide bonds. The molecule has 1 N–H and O–H groups in total. The highest BCUT2D eigenvalue weighted by Gasteiger charge is 2.18. The molecule has 0 saturated carbocycles. The Morgan fingerprint density at radius 2 is 2.10 bits per heavy atom. The third-order valence-corrected chi connectivity index (χ3v) is 4.44. The zero-order valence-electron chi connectivity index (χ0n) is 11.7. The topological polar surface area (TPSA) is 54.7 Å². The Bertz CT molecular complexity index is 680. The average Bonchev–Trinajstić information content (AvgIpc) is 2.82. The van der Waals surface area contributed by atoms with Gasteiger partial charge in [-0.1, -0.05) is 16.8 Å². The SMILES string of the molecule is COc1cc(Cl)c(C)cc1-c1nc(C)sc1/C(C)=N/O. The molecule has 0 unspecified atom stereocenters. The minimum Gasteiger partial charge on any atom is -0.496 e. The van der Waals surface area contributed by atoms with Gasteiger partial charge >= 0.3 is 0 Å². The number of ether oxygens (including phenoxy) is 1. The fourth-order valence-corrected chi connectivity index (χ4v) is 2.94. The molecule has 0 aliphatic rings. The van der Waals surface area contributed by atoms with Gasteiger partial charge in [-0.3, -0.25) is 0 Å². The Labute approximate surface area is 126 Å². The summed E-state index contributed by atoms with van der Waals surface area (Å²) in [6.45, 7) is 5.58. The van der Waals surface area contributed by atoms with Crippen molar-refractivity contribution in [2.45, 2.75) is 20.8 Å². The summed E-state index contributed by atoms with van der Waals surface area (Å²) in [7, 11) is 1.59. The molecule has 2 rings (SSSR count). The Morgan fingerprint density at radius 1 is 1.40 bits per heavy atom. The van der Waals surface area contributed by atoms with Crippen LogP contribution in [0.25, 0.3) is 11.3 Å². The van der Waals surface area contributed by atoms with Gasteiger partial charge in [-0.2, -0.15) is 0 Å². The van der Waals surface area contributed by atoms with Crippen LogP contribution < -0.4 is 4.74 Å². The number of benzene rings is 1. The van der Waals surface area contributed by atoms with Crippen LogP contribution in [0.3, 0.4) is 0 Å². The first-order chi connectivity index (χ1) is 9.47. The predicted octanol–water partition coefficient (Wildman–Crippen LogP) is 4.29. The quantitative estimate of drug-likeness (QED) is 0.523. The summed E-state index contributed by atoms with van der Waals surface area (Å²) in [4.78, 5) is 5.36. The average molecular weight is 311 g/mol. The van der Waals surface area contributed by atoms with E-state index in [1.165, 1.54) is 11.3 Å². The van der Waals surface area contributed by atoms with Gasteiger partial charge in [0.1, 0.15) is 5.75 Å². The van der Waals surface area contributed by atoms with Gasteiger partial charge in [0.15, 0.2) is 0 Å². The number of rotatable bonds is 3. The van der Waals surface area contributed by atoms with E-state index in [2.05, 4.69) is 10.1 Å². The van der Waals surface area contributed by atoms with E-state index in [0.29, 0.717) is 16.5 Å². The van der Waals surface area contributed by atoms with Crippen LogP contribution in [0.2, 0.25) is 5.02 Å². The van der Waals surface area contributed by atoms with Gasteiger partial charge in [0.25, 0.3) is 0 Å². The van der Waals surface area contributed by atoms with Crippen molar-refractivity contribution >= 4 is 28.6 Å². The Morgan fingerprint density at radius 3 is 2.70 bits per heavy atom. The van der Waals surface area contributed by atoms with Crippen LogP contribution >= 0.6 is 22.9 Å². The molecule has 0 bridgehead atoms. The summed E-state index contributed by atoms with van der Waals surface area (Å²) in [6.07, 6.45) is 0. The fourth-order valence-electron chi connectivity index (χ4n) is 1.92. The first kappa shape index (κ1) is 14.8. The van der Waals surface area contributed by atoms with Gasteiger partial charge in [-0.15, -0.1) is 11.3 Å². The molecule has 1 aromatic heterocycles. The first-order valence-corrected chi connectivity index (χ1v) is 7.18. The molecule has 1 heterocycles. The molecule has 0 aliphatic carbocycles. The maximum absolute atomic E-state index is 9.01. The molecule has 0 radical (unpaired) electrons. The van der Waals surface area contributed by atoms with Crippen molar-refractivity contribution < 1.29 is 9.94 Å². The molecule has 0 spiro atoms. The van der Waals surface area contributed by atoms with E-state index in [4.69, 9.17) is 21.5 Å². The molecule has 6 heteroatoms. The van der Waals surface area contributed by atoms with Crippen LogP contribution in [0, 0.1) is 13.8 Å². The number of aryl methyl sites for hydroxylation is 2. The van der Waals surface area contributed by atoms with E-state index >= 15 is 0 Å². The summed E-state index contributed by atoms with van der Waals surface area (Å²) in [6, 6.07) is 3.71. The Hall–Kier alpha value is -1.59. The van der Waals surface area contributed by atoms with Crippen molar-refractivity contribution in [1.29, 1.82) is 0 Å². The Balaban J connectivity index is 2.71. The molecule has 106 valence electrons. The highest BCUT2D eigenvalue weighted by molar-refractivity contribution is 7.14. The van der Waals surface area contributed by atoms with Crippen molar-refractivity contribution in [2.24, 2.45) is 5.16 Å². The van der Waals surface area contributed by atoms with Crippen molar-refractivity contribution in [2.75, 3.05) is 7.11 Å². The van der Waals surface area contributed by atoms with Crippen molar-refractivity contribution in [3.8, 4) is 17.0 Å². The fraction of sp³-hybridized carbons (Fsp3) is 0.286. The largest absolute Gasteiger partial charge is 0.496 e. The van der Waals surface area contributed by atoms with Crippen molar-refractivity contribution in [3.63, 3.8) is 0 Å². The molecule has 2 aromatic rings. The van der Waals surface area contributed by atoms with Gasteiger partial charge in [0.05, 0.1) is 28.4 Å². The molecule has 0 aliphatic heterocycles. The van der Waals surface area contributed by atoms with E-state index in [1.807, 2.05) is 19.9 Å². The van der Waals surface area contributed by atoms with E-state index in [0.717, 1.165) is 26.7 Å². The molecule has 1 aromatic carbocycles. The van der Waals surface area contributed by atoms with Crippen molar-refractivity contribution in [3.05, 3.63) is 32.6 Å². The highest BCUT2D eigenvalue weighted by Crippen LogP contribution is 2.37. The smallest absolute Gasteiger partial charge is 0.129 e. The third kappa shape index (κ3) is 2.64. The number of hydrogen-bond acceptors (Lipinski definition) is 5. The molecular weight excluding hydrogens is 296 g/mol. The van der Waals surface area contributed by atoms with Gasteiger partial charge < -0.3 is 9.94 Å². The number of nitrogens with zero attached hydrogens (tertiary/aromatic N) is 2. The van der Waals surface area contributed by atoms with Crippen LogP contribution in [0.15, 0.2) is 17.3 Å². The number of thiazole rings is 1. The highest BCUT2D eigenvalue weighted by atomic mass is 35.5. The van der Waals surface area contributed by atoms with Crippen molar-refractivity contribution in [1.82, 2.24) is 4.98 Å². The second kappa shape index (κ2) is 5.81. The van der Waals surface area contributed by atoms with E-state index in [-0.39, 0.29) is 0 Å². The first-order valence-electron chi connectivity index (χ1n) is 5.99. The zero-order chi connectivity index (χ0) is 14.9. The lowest BCUT2D eigenvalue weighted by Crippen LogP contribution is -1.97. The molecule has 0 saturated heterocycles. The second-order valence-corrected chi connectivity index (χ2v) is 6.01. The van der Waals surface area contributed by atoms with Gasteiger partial charge in [0, 0.05) is 10.6 Å². The maximum atomic E-state index is 9.01. The molecule has 0 fully saturated rings. The number of oxime groups is 1. The predicted molar refractivity (Wildman–Crippen MR) is 82.6 cm³/mol. The third-order valence-electron chi connectivity index (χ3n) is 2.95. The monoisotopic (exact) mass is 310 g/mol. The standard InChI is InChI=1S/C14H15ClN2O2S/c1-7-5-10(12(19-4)6-11(7)15)13-14(8(2)17-18)20-9(3)16-13/h5-6,18H,1-4H3/b17-8+. The normalized spacial score (nSPS) is 11.8. The number of methoxy groups -OCH3 is 1.